The number of allylic oxidation sites excluding steroid dienone is 1. The zero-order valence-corrected chi connectivity index (χ0v) is 35.5. The van der Waals surface area contributed by atoms with Crippen LogP contribution in [0, 0.1) is 0 Å². The maximum atomic E-state index is 6.73. The lowest BCUT2D eigenvalue weighted by molar-refractivity contribution is 0.632. The van der Waals surface area contributed by atoms with Crippen molar-refractivity contribution in [3.8, 4) is 55.8 Å². The second-order valence-corrected chi connectivity index (χ2v) is 16.6. The van der Waals surface area contributed by atoms with Gasteiger partial charge in [0, 0.05) is 16.5 Å². The fourth-order valence-corrected chi connectivity index (χ4v) is 10.4. The van der Waals surface area contributed by atoms with Crippen molar-refractivity contribution in [1.29, 1.82) is 0 Å². The highest BCUT2D eigenvalue weighted by Crippen LogP contribution is 2.49. The van der Waals surface area contributed by atoms with Crippen LogP contribution in [-0.2, 0) is 0 Å². The van der Waals surface area contributed by atoms with Crippen molar-refractivity contribution in [2.24, 2.45) is 0 Å². The van der Waals surface area contributed by atoms with Crippen LogP contribution < -0.4 is 0 Å². The molecule has 0 saturated heterocycles. The van der Waals surface area contributed by atoms with Crippen molar-refractivity contribution >= 4 is 77.0 Å². The highest BCUT2D eigenvalue weighted by molar-refractivity contribution is 6.29. The molecular weight excluding hydrogens is 773 g/mol. The maximum Gasteiger partial charge on any atom is 0.143 e. The van der Waals surface area contributed by atoms with E-state index in [0.29, 0.717) is 0 Å². The molecule has 0 aliphatic carbocycles. The molecule has 0 bridgehead atoms. The number of benzene rings is 11. The van der Waals surface area contributed by atoms with Gasteiger partial charge in [-0.1, -0.05) is 213 Å². The van der Waals surface area contributed by atoms with Crippen molar-refractivity contribution in [1.82, 2.24) is 0 Å². The SMILES string of the molecule is C=Cc1c(/C=C\C)c2c3ccccc3c(-c3c4ccccc4c(-c4ccc(-c5ccc6c(-c7ccccc7)c(-c7ccccc7)oc6c5)cc4)c4ccccc34)cc2c2ccccc12. The molecule has 0 aliphatic rings. The van der Waals surface area contributed by atoms with Crippen LogP contribution >= 0.6 is 0 Å². The maximum absolute atomic E-state index is 6.73. The van der Waals surface area contributed by atoms with Gasteiger partial charge in [0.05, 0.1) is 0 Å². The molecule has 0 amide bonds. The average molecular weight is 815 g/mol. The first-order valence-electron chi connectivity index (χ1n) is 22.1. The van der Waals surface area contributed by atoms with E-state index in [4.69, 9.17) is 4.42 Å². The minimum Gasteiger partial charge on any atom is -0.455 e. The minimum atomic E-state index is 0.875. The Labute approximate surface area is 372 Å². The lowest BCUT2D eigenvalue weighted by Crippen LogP contribution is -1.95. The molecular formula is C63H42O. The fraction of sp³-hybridized carbons (Fsp3) is 0.0159. The summed E-state index contributed by atoms with van der Waals surface area (Å²) in [4.78, 5) is 0. The Kier molecular flexibility index (Phi) is 8.95. The Balaban J connectivity index is 1.04. The highest BCUT2D eigenvalue weighted by Gasteiger charge is 2.22. The van der Waals surface area contributed by atoms with Gasteiger partial charge in [-0.2, -0.15) is 0 Å². The number of hydrogen-bond donors (Lipinski definition) is 0. The van der Waals surface area contributed by atoms with Gasteiger partial charge >= 0.3 is 0 Å². The van der Waals surface area contributed by atoms with E-state index in [1.807, 2.05) is 12.1 Å². The summed E-state index contributed by atoms with van der Waals surface area (Å²) in [5.74, 6) is 0.891. The standard InChI is InChI=1S/C63H42O/c1-3-19-49-45(4-2)46-24-11-12-25-47(46)56-39-57(48-26-13-14-27-50(48)61(49)56)62-53-30-17-15-28-51(53)59(52-29-16-18-31-54(52)62)42-34-32-40(33-35-42)44-36-37-55-58(38-44)64-63(43-22-9-6-10-23-43)60(55)41-20-7-5-8-21-41/h3-39H,2H2,1H3/b19-3-. The summed E-state index contributed by atoms with van der Waals surface area (Å²) in [6.45, 7) is 6.39. The predicted molar refractivity (Wildman–Crippen MR) is 276 cm³/mol. The van der Waals surface area contributed by atoms with Crippen LogP contribution in [-0.4, -0.2) is 0 Å². The summed E-state index contributed by atoms with van der Waals surface area (Å²) < 4.78 is 6.73. The molecule has 1 nitrogen and oxygen atoms in total. The van der Waals surface area contributed by atoms with Gasteiger partial charge in [0.25, 0.3) is 0 Å². The number of furan rings is 1. The average Bonchev–Trinajstić information content (AvgIpc) is 3.75. The van der Waals surface area contributed by atoms with Gasteiger partial charge in [0.2, 0.25) is 0 Å². The molecule has 1 heteroatoms. The van der Waals surface area contributed by atoms with Gasteiger partial charge in [-0.15, -0.1) is 0 Å². The third-order valence-electron chi connectivity index (χ3n) is 13.1. The third-order valence-corrected chi connectivity index (χ3v) is 13.1. The van der Waals surface area contributed by atoms with Crippen molar-refractivity contribution in [3.05, 3.63) is 230 Å². The first-order chi connectivity index (χ1) is 31.7. The zero-order chi connectivity index (χ0) is 42.7. The second-order valence-electron chi connectivity index (χ2n) is 16.6. The molecule has 0 spiro atoms. The lowest BCUT2D eigenvalue weighted by atomic mass is 9.82. The summed E-state index contributed by atoms with van der Waals surface area (Å²) in [5, 5.41) is 13.5. The van der Waals surface area contributed by atoms with Crippen LogP contribution in [0.1, 0.15) is 18.1 Å². The molecule has 1 heterocycles. The fourth-order valence-electron chi connectivity index (χ4n) is 10.4. The first-order valence-corrected chi connectivity index (χ1v) is 22.1. The Morgan fingerprint density at radius 2 is 0.859 bits per heavy atom. The van der Waals surface area contributed by atoms with Gasteiger partial charge < -0.3 is 4.42 Å². The van der Waals surface area contributed by atoms with Crippen LogP contribution in [0.5, 0.6) is 0 Å². The van der Waals surface area contributed by atoms with Gasteiger partial charge in [0.1, 0.15) is 11.3 Å². The van der Waals surface area contributed by atoms with E-state index in [0.717, 1.165) is 44.5 Å². The van der Waals surface area contributed by atoms with Crippen LogP contribution in [0.15, 0.2) is 223 Å². The van der Waals surface area contributed by atoms with Gasteiger partial charge in [0.15, 0.2) is 0 Å². The number of rotatable bonds is 7. The molecule has 11 aromatic carbocycles. The van der Waals surface area contributed by atoms with E-state index in [2.05, 4.69) is 226 Å². The molecule has 0 fully saturated rings. The van der Waals surface area contributed by atoms with Crippen LogP contribution in [0.3, 0.4) is 0 Å². The van der Waals surface area contributed by atoms with Gasteiger partial charge in [-0.05, 0) is 129 Å². The molecule has 64 heavy (non-hydrogen) atoms. The summed E-state index contributed by atoms with van der Waals surface area (Å²) in [5.41, 5.74) is 13.8. The van der Waals surface area contributed by atoms with Gasteiger partial charge in [-0.25, -0.2) is 0 Å². The molecule has 12 aromatic rings. The molecule has 0 aliphatic heterocycles. The van der Waals surface area contributed by atoms with Crippen molar-refractivity contribution in [2.75, 3.05) is 0 Å². The number of fused-ring (bicyclic) bond motifs is 8. The smallest absolute Gasteiger partial charge is 0.143 e. The Morgan fingerprint density at radius 1 is 0.359 bits per heavy atom. The van der Waals surface area contributed by atoms with Crippen molar-refractivity contribution < 1.29 is 4.42 Å². The molecule has 1 aromatic heterocycles. The molecule has 0 N–H and O–H groups in total. The van der Waals surface area contributed by atoms with Crippen molar-refractivity contribution in [2.45, 2.75) is 6.92 Å². The summed E-state index contributed by atoms with van der Waals surface area (Å²) >= 11 is 0. The summed E-state index contributed by atoms with van der Waals surface area (Å²) in [6, 6.07) is 74.9. The topological polar surface area (TPSA) is 13.1 Å². The minimum absolute atomic E-state index is 0.875. The van der Waals surface area contributed by atoms with Crippen LogP contribution in [0.4, 0.5) is 0 Å². The molecule has 300 valence electrons. The Hall–Kier alpha value is -8.26. The van der Waals surface area contributed by atoms with Crippen molar-refractivity contribution in [3.63, 3.8) is 0 Å². The quantitative estimate of drug-likeness (QED) is 0.115. The molecule has 0 saturated carbocycles. The molecule has 12 rings (SSSR count). The normalized spacial score (nSPS) is 11.8. The highest BCUT2D eigenvalue weighted by atomic mass is 16.3. The molecule has 0 unspecified atom stereocenters. The van der Waals surface area contributed by atoms with Gasteiger partial charge in [-0.3, -0.25) is 0 Å². The molecule has 0 radical (unpaired) electrons. The second kappa shape index (κ2) is 15.3. The van der Waals surface area contributed by atoms with E-state index in [9.17, 15) is 0 Å². The molecule has 0 atom stereocenters. The zero-order valence-electron chi connectivity index (χ0n) is 35.5. The van der Waals surface area contributed by atoms with E-state index in [1.165, 1.54) is 87.2 Å². The Bertz CT molecular complexity index is 3770. The lowest BCUT2D eigenvalue weighted by Gasteiger charge is -2.21. The number of hydrogen-bond acceptors (Lipinski definition) is 1. The monoisotopic (exact) mass is 814 g/mol. The predicted octanol–water partition coefficient (Wildman–Crippen LogP) is 18.2. The van der Waals surface area contributed by atoms with E-state index in [-0.39, 0.29) is 0 Å². The summed E-state index contributed by atoms with van der Waals surface area (Å²) in [7, 11) is 0. The van der Waals surface area contributed by atoms with Crippen LogP contribution in [0.2, 0.25) is 0 Å². The van der Waals surface area contributed by atoms with Crippen LogP contribution in [0.25, 0.3) is 133 Å². The van der Waals surface area contributed by atoms with E-state index >= 15 is 0 Å². The largest absolute Gasteiger partial charge is 0.455 e. The van der Waals surface area contributed by atoms with E-state index in [1.54, 1.807) is 0 Å². The summed E-state index contributed by atoms with van der Waals surface area (Å²) in [6.07, 6.45) is 6.42. The first kappa shape index (κ1) is 37.5. The third kappa shape index (κ3) is 5.86. The van der Waals surface area contributed by atoms with E-state index < -0.39 is 0 Å². The Morgan fingerprint density at radius 3 is 1.48 bits per heavy atom.